The molecule has 212 valence electrons. The zero-order chi connectivity index (χ0) is 29.8. The monoisotopic (exact) mass is 590 g/mol. The van der Waals surface area contributed by atoms with Crippen molar-refractivity contribution < 1.29 is 9.18 Å². The number of halogens is 1. The van der Waals surface area contributed by atoms with Crippen molar-refractivity contribution >= 4 is 60.2 Å². The Kier molecular flexibility index (Phi) is 6.20. The number of thiazole rings is 1. The minimum atomic E-state index is -0.521. The number of anilines is 2. The van der Waals surface area contributed by atoms with Crippen LogP contribution in [0, 0.1) is 12.7 Å². The molecule has 0 bridgehead atoms. The van der Waals surface area contributed by atoms with Crippen LogP contribution in [-0.2, 0) is 11.3 Å². The molecular formula is C31H23FN8O2S. The summed E-state index contributed by atoms with van der Waals surface area (Å²) in [6, 6.07) is 19.3. The number of carbonyl (C=O) groups is 1. The van der Waals surface area contributed by atoms with Crippen molar-refractivity contribution in [3.05, 3.63) is 100 Å². The number of nitrogens with one attached hydrogen (secondary N) is 1. The highest BCUT2D eigenvalue weighted by Gasteiger charge is 2.21. The molecule has 0 radical (unpaired) electrons. The summed E-state index contributed by atoms with van der Waals surface area (Å²) < 4.78 is 19.1. The molecule has 0 saturated heterocycles. The Labute approximate surface area is 247 Å². The average Bonchev–Trinajstić information content (AvgIpc) is 3.54. The summed E-state index contributed by atoms with van der Waals surface area (Å²) in [7, 11) is 0. The van der Waals surface area contributed by atoms with Crippen LogP contribution in [0.3, 0.4) is 0 Å². The lowest BCUT2D eigenvalue weighted by Gasteiger charge is -2.16. The van der Waals surface area contributed by atoms with Gasteiger partial charge in [0, 0.05) is 18.2 Å². The lowest BCUT2D eigenvalue weighted by atomic mass is 10.1. The zero-order valence-electron chi connectivity index (χ0n) is 23.0. The lowest BCUT2D eigenvalue weighted by Crippen LogP contribution is -2.25. The van der Waals surface area contributed by atoms with Crippen LogP contribution in [0.4, 0.5) is 15.3 Å². The highest BCUT2D eigenvalue weighted by Crippen LogP contribution is 2.35. The van der Waals surface area contributed by atoms with Gasteiger partial charge in [-0.1, -0.05) is 47.7 Å². The van der Waals surface area contributed by atoms with Gasteiger partial charge in [0.2, 0.25) is 5.91 Å². The molecule has 0 unspecified atom stereocenters. The Morgan fingerprint density at radius 3 is 2.70 bits per heavy atom. The fourth-order valence-electron chi connectivity index (χ4n) is 5.37. The number of nitrogens with zero attached hydrogens (tertiary/aromatic N) is 6. The first-order valence-corrected chi connectivity index (χ1v) is 14.1. The lowest BCUT2D eigenvalue weighted by molar-refractivity contribution is -0.114. The van der Waals surface area contributed by atoms with E-state index in [1.165, 1.54) is 35.2 Å². The summed E-state index contributed by atoms with van der Waals surface area (Å²) in [4.78, 5) is 38.6. The van der Waals surface area contributed by atoms with Gasteiger partial charge in [-0.3, -0.25) is 14.2 Å². The topological polar surface area (TPSA) is 134 Å². The molecule has 4 aromatic heterocycles. The van der Waals surface area contributed by atoms with E-state index in [2.05, 4.69) is 20.3 Å². The maximum atomic E-state index is 15.2. The van der Waals surface area contributed by atoms with Crippen molar-refractivity contribution in [2.24, 2.45) is 0 Å². The maximum absolute atomic E-state index is 15.2. The van der Waals surface area contributed by atoms with E-state index in [1.807, 2.05) is 49.4 Å². The number of hydrogen-bond acceptors (Lipinski definition) is 8. The van der Waals surface area contributed by atoms with Crippen LogP contribution in [0.2, 0.25) is 0 Å². The van der Waals surface area contributed by atoms with Crippen LogP contribution in [0.1, 0.15) is 18.2 Å². The number of hydrogen-bond donors (Lipinski definition) is 2. The number of carbonyl (C=O) groups excluding carboxylic acids is 1. The van der Waals surface area contributed by atoms with E-state index in [4.69, 9.17) is 10.8 Å². The molecule has 43 heavy (non-hydrogen) atoms. The molecule has 3 N–H and O–H groups in total. The molecule has 0 aliphatic carbocycles. The second-order valence-corrected chi connectivity index (χ2v) is 11.1. The van der Waals surface area contributed by atoms with Gasteiger partial charge in [0.05, 0.1) is 33.2 Å². The molecule has 0 atom stereocenters. The number of aromatic nitrogens is 6. The molecule has 0 spiro atoms. The van der Waals surface area contributed by atoms with E-state index in [0.717, 1.165) is 26.7 Å². The molecule has 1 amide bonds. The Bertz CT molecular complexity index is 2310. The molecule has 0 saturated carbocycles. The minimum Gasteiger partial charge on any atom is -0.383 e. The molecule has 3 aromatic carbocycles. The number of pyridine rings is 1. The van der Waals surface area contributed by atoms with Crippen molar-refractivity contribution in [2.45, 2.75) is 20.4 Å². The van der Waals surface area contributed by atoms with Gasteiger partial charge in [0.25, 0.3) is 5.56 Å². The fraction of sp³-hybridized carbons (Fsp3) is 0.0968. The normalized spacial score (nSPS) is 11.5. The summed E-state index contributed by atoms with van der Waals surface area (Å²) in [5, 5.41) is 9.92. The van der Waals surface area contributed by atoms with Crippen molar-refractivity contribution in [2.75, 3.05) is 11.1 Å². The minimum absolute atomic E-state index is 0.0931. The fourth-order valence-corrected chi connectivity index (χ4v) is 6.33. The van der Waals surface area contributed by atoms with E-state index in [9.17, 15) is 9.59 Å². The van der Waals surface area contributed by atoms with Crippen molar-refractivity contribution in [1.29, 1.82) is 0 Å². The zero-order valence-corrected chi connectivity index (χ0v) is 23.8. The second kappa shape index (κ2) is 10.1. The Balaban J connectivity index is 1.43. The quantitative estimate of drug-likeness (QED) is 0.273. The molecule has 10 nitrogen and oxygen atoms in total. The van der Waals surface area contributed by atoms with Crippen molar-refractivity contribution in [3.63, 3.8) is 0 Å². The average molecular weight is 591 g/mol. The van der Waals surface area contributed by atoms with Gasteiger partial charge in [-0.2, -0.15) is 5.10 Å². The number of nitrogens with two attached hydrogens (primary N) is 1. The highest BCUT2D eigenvalue weighted by atomic mass is 32.1. The number of amides is 1. The highest BCUT2D eigenvalue weighted by molar-refractivity contribution is 7.22. The molecule has 4 heterocycles. The Morgan fingerprint density at radius 1 is 1.05 bits per heavy atom. The SMILES string of the molecule is CC(=O)Nc1nc2ccc(-c3nn(Cc4cc5cccc(C)c5c(=O)n4-c4ccccc4F)c4ncnc(N)c34)cc2s1. The van der Waals surface area contributed by atoms with Crippen LogP contribution >= 0.6 is 11.3 Å². The van der Waals surface area contributed by atoms with E-state index in [1.54, 1.807) is 22.9 Å². The van der Waals surface area contributed by atoms with E-state index in [0.29, 0.717) is 32.9 Å². The molecule has 7 rings (SSSR count). The van der Waals surface area contributed by atoms with Crippen molar-refractivity contribution in [1.82, 2.24) is 29.3 Å². The standard InChI is InChI=1S/C31H23FN8O2S/c1-16-6-5-7-18-12-20(40(30(42)25(16)18)23-9-4-3-8-21(23)32)14-39-29-26(28(33)34-15-35-29)27(38-39)19-10-11-22-24(13-19)43-31(37-22)36-17(2)41/h3-13,15H,14H2,1-2H3,(H2,33,34,35)(H,36,37,41). The van der Waals surface area contributed by atoms with Gasteiger partial charge in [0.15, 0.2) is 10.8 Å². The van der Waals surface area contributed by atoms with Crippen LogP contribution in [-0.4, -0.2) is 35.2 Å². The predicted octanol–water partition coefficient (Wildman–Crippen LogP) is 5.44. The number of benzene rings is 3. The molecule has 0 aliphatic rings. The van der Waals surface area contributed by atoms with Crippen LogP contribution in [0.15, 0.2) is 77.9 Å². The third-order valence-electron chi connectivity index (χ3n) is 7.24. The first-order valence-electron chi connectivity index (χ1n) is 13.3. The van der Waals surface area contributed by atoms with E-state index in [-0.39, 0.29) is 29.5 Å². The van der Waals surface area contributed by atoms with Gasteiger partial charge >= 0.3 is 0 Å². The number of para-hydroxylation sites is 1. The second-order valence-electron chi connectivity index (χ2n) is 10.1. The summed E-state index contributed by atoms with van der Waals surface area (Å²) in [5.74, 6) is -0.477. The number of fused-ring (bicyclic) bond motifs is 3. The van der Waals surface area contributed by atoms with Crippen LogP contribution in [0.5, 0.6) is 0 Å². The third kappa shape index (κ3) is 4.48. The molecule has 12 heteroatoms. The third-order valence-corrected chi connectivity index (χ3v) is 8.17. The van der Waals surface area contributed by atoms with Crippen molar-refractivity contribution in [3.8, 4) is 16.9 Å². The predicted molar refractivity (Wildman–Crippen MR) is 166 cm³/mol. The maximum Gasteiger partial charge on any atom is 0.263 e. The Hall–Kier alpha value is -5.49. The first-order chi connectivity index (χ1) is 20.8. The largest absolute Gasteiger partial charge is 0.383 e. The summed E-state index contributed by atoms with van der Waals surface area (Å²) in [6.07, 6.45) is 1.36. The van der Waals surface area contributed by atoms with Crippen LogP contribution < -0.4 is 16.6 Å². The molecule has 0 aliphatic heterocycles. The summed E-state index contributed by atoms with van der Waals surface area (Å²) >= 11 is 1.34. The van der Waals surface area contributed by atoms with Gasteiger partial charge in [-0.15, -0.1) is 0 Å². The molecule has 0 fully saturated rings. The summed E-state index contributed by atoms with van der Waals surface area (Å²) in [6.45, 7) is 3.39. The van der Waals surface area contributed by atoms with Gasteiger partial charge in [-0.05, 0) is 48.2 Å². The number of nitrogen functional groups attached to an aromatic ring is 1. The van der Waals surface area contributed by atoms with Gasteiger partial charge in [0.1, 0.15) is 23.7 Å². The van der Waals surface area contributed by atoms with Gasteiger partial charge in [-0.25, -0.2) is 24.0 Å². The first kappa shape index (κ1) is 26.4. The molecular weight excluding hydrogens is 567 g/mol. The van der Waals surface area contributed by atoms with E-state index >= 15 is 4.39 Å². The smallest absolute Gasteiger partial charge is 0.263 e. The van der Waals surface area contributed by atoms with Gasteiger partial charge < -0.3 is 11.1 Å². The van der Waals surface area contributed by atoms with Crippen LogP contribution in [0.25, 0.3) is 49.0 Å². The molecule has 7 aromatic rings. The number of aryl methyl sites for hydroxylation is 1. The number of rotatable bonds is 5. The van der Waals surface area contributed by atoms with E-state index < -0.39 is 5.82 Å². The summed E-state index contributed by atoms with van der Waals surface area (Å²) in [5.41, 5.74) is 9.97. The Morgan fingerprint density at radius 2 is 1.88 bits per heavy atom.